The number of halogens is 2. The molecule has 92 valence electrons. The summed E-state index contributed by atoms with van der Waals surface area (Å²) in [7, 11) is 0. The van der Waals surface area contributed by atoms with Crippen LogP contribution in [0.2, 0.25) is 0 Å². The first kappa shape index (κ1) is 15.5. The minimum Gasteiger partial charge on any atom is -0.477 e. The maximum Gasteiger partial charge on any atom is 0.213 e. The van der Waals surface area contributed by atoms with Crippen molar-refractivity contribution in [1.82, 2.24) is 10.3 Å². The van der Waals surface area contributed by atoms with Gasteiger partial charge in [-0.05, 0) is 31.5 Å². The predicted molar refractivity (Wildman–Crippen MR) is 69.9 cm³/mol. The summed E-state index contributed by atoms with van der Waals surface area (Å²) >= 11 is 0. The van der Waals surface area contributed by atoms with Crippen LogP contribution in [-0.4, -0.2) is 24.7 Å². The first-order chi connectivity index (χ1) is 6.84. The quantitative estimate of drug-likeness (QED) is 0.910. The molecule has 0 amide bonds. The van der Waals surface area contributed by atoms with Gasteiger partial charge < -0.3 is 10.1 Å². The van der Waals surface area contributed by atoms with Gasteiger partial charge in [-0.15, -0.1) is 24.8 Å². The lowest BCUT2D eigenvalue weighted by molar-refractivity contribution is 0.251. The summed E-state index contributed by atoms with van der Waals surface area (Å²) in [6, 6.07) is 3.95. The van der Waals surface area contributed by atoms with Crippen molar-refractivity contribution in [2.75, 3.05) is 19.7 Å². The second-order valence-electron chi connectivity index (χ2n) is 3.84. The number of aromatic nitrogens is 1. The molecular weight excluding hydrogens is 247 g/mol. The number of nitrogens with one attached hydrogen (secondary N) is 1. The molecule has 1 fully saturated rings. The SMILES string of the molecule is Cc1ccnc(OCC2CCNC2)c1.Cl.Cl. The van der Waals surface area contributed by atoms with E-state index in [1.165, 1.54) is 12.0 Å². The molecule has 0 bridgehead atoms. The lowest BCUT2D eigenvalue weighted by atomic mass is 10.1. The van der Waals surface area contributed by atoms with Gasteiger partial charge in [-0.2, -0.15) is 0 Å². The van der Waals surface area contributed by atoms with Crippen molar-refractivity contribution in [3.8, 4) is 5.88 Å². The molecule has 3 nitrogen and oxygen atoms in total. The summed E-state index contributed by atoms with van der Waals surface area (Å²) in [5.41, 5.74) is 1.19. The van der Waals surface area contributed by atoms with E-state index in [2.05, 4.69) is 10.3 Å². The van der Waals surface area contributed by atoms with Gasteiger partial charge >= 0.3 is 0 Å². The average molecular weight is 265 g/mol. The monoisotopic (exact) mass is 264 g/mol. The minimum atomic E-state index is 0. The Morgan fingerprint density at radius 2 is 2.31 bits per heavy atom. The Balaban J connectivity index is 0.00000112. The minimum absolute atomic E-state index is 0. The van der Waals surface area contributed by atoms with Crippen LogP contribution in [-0.2, 0) is 0 Å². The van der Waals surface area contributed by atoms with Gasteiger partial charge in [-0.3, -0.25) is 0 Å². The molecule has 0 spiro atoms. The van der Waals surface area contributed by atoms with E-state index in [4.69, 9.17) is 4.74 Å². The molecule has 2 rings (SSSR count). The van der Waals surface area contributed by atoms with Crippen LogP contribution < -0.4 is 10.1 Å². The van der Waals surface area contributed by atoms with E-state index in [9.17, 15) is 0 Å². The van der Waals surface area contributed by atoms with Gasteiger partial charge in [0.25, 0.3) is 0 Å². The first-order valence-electron chi connectivity index (χ1n) is 5.11. The third-order valence-electron chi connectivity index (χ3n) is 2.52. The smallest absolute Gasteiger partial charge is 0.213 e. The van der Waals surface area contributed by atoms with Crippen molar-refractivity contribution in [3.63, 3.8) is 0 Å². The van der Waals surface area contributed by atoms with E-state index in [1.807, 2.05) is 19.1 Å². The maximum atomic E-state index is 5.62. The van der Waals surface area contributed by atoms with Crippen molar-refractivity contribution in [1.29, 1.82) is 0 Å². The lowest BCUT2D eigenvalue weighted by Gasteiger charge is -2.09. The van der Waals surface area contributed by atoms with Gasteiger partial charge in [0.1, 0.15) is 0 Å². The Kier molecular flexibility index (Phi) is 7.47. The summed E-state index contributed by atoms with van der Waals surface area (Å²) < 4.78 is 5.62. The van der Waals surface area contributed by atoms with Crippen molar-refractivity contribution < 1.29 is 4.74 Å². The van der Waals surface area contributed by atoms with Crippen molar-refractivity contribution in [3.05, 3.63) is 23.9 Å². The highest BCUT2D eigenvalue weighted by molar-refractivity contribution is 5.85. The number of ether oxygens (including phenoxy) is 1. The number of nitrogens with zero attached hydrogens (tertiary/aromatic N) is 1. The van der Waals surface area contributed by atoms with Crippen LogP contribution in [0, 0.1) is 12.8 Å². The fourth-order valence-electron chi connectivity index (χ4n) is 1.65. The van der Waals surface area contributed by atoms with Gasteiger partial charge in [0.05, 0.1) is 6.61 Å². The Hall–Kier alpha value is -0.510. The molecule has 1 saturated heterocycles. The molecule has 0 radical (unpaired) electrons. The third-order valence-corrected chi connectivity index (χ3v) is 2.52. The van der Waals surface area contributed by atoms with Crippen LogP contribution >= 0.6 is 24.8 Å². The van der Waals surface area contributed by atoms with Gasteiger partial charge in [0, 0.05) is 24.7 Å². The van der Waals surface area contributed by atoms with Crippen LogP contribution in [0.25, 0.3) is 0 Å². The molecule has 1 aliphatic heterocycles. The molecule has 1 aromatic heterocycles. The summed E-state index contributed by atoms with van der Waals surface area (Å²) in [5.74, 6) is 1.40. The number of hydrogen-bond acceptors (Lipinski definition) is 3. The van der Waals surface area contributed by atoms with E-state index < -0.39 is 0 Å². The number of hydrogen-bond donors (Lipinski definition) is 1. The zero-order valence-corrected chi connectivity index (χ0v) is 10.9. The molecule has 1 aliphatic rings. The van der Waals surface area contributed by atoms with Crippen LogP contribution in [0.4, 0.5) is 0 Å². The van der Waals surface area contributed by atoms with Crippen LogP contribution in [0.5, 0.6) is 5.88 Å². The molecule has 1 atom stereocenters. The van der Waals surface area contributed by atoms with Crippen LogP contribution in [0.1, 0.15) is 12.0 Å². The predicted octanol–water partition coefficient (Wildman–Crippen LogP) is 2.22. The molecule has 1 aromatic rings. The fourth-order valence-corrected chi connectivity index (χ4v) is 1.65. The number of pyridine rings is 1. The van der Waals surface area contributed by atoms with E-state index in [1.54, 1.807) is 6.20 Å². The Labute approximate surface area is 109 Å². The van der Waals surface area contributed by atoms with Crippen molar-refractivity contribution in [2.24, 2.45) is 5.92 Å². The standard InChI is InChI=1S/C11H16N2O.2ClH/c1-9-2-5-13-11(6-9)14-8-10-3-4-12-7-10;;/h2,5-6,10,12H,3-4,7-8H2,1H3;2*1H. The zero-order valence-electron chi connectivity index (χ0n) is 9.31. The zero-order chi connectivity index (χ0) is 9.80. The average Bonchev–Trinajstić information content (AvgIpc) is 2.67. The third kappa shape index (κ3) is 4.56. The second kappa shape index (κ2) is 7.71. The molecular formula is C11H18Cl2N2O. The summed E-state index contributed by atoms with van der Waals surface area (Å²) in [6.45, 7) is 5.02. The van der Waals surface area contributed by atoms with E-state index in [0.29, 0.717) is 5.92 Å². The van der Waals surface area contributed by atoms with E-state index in [-0.39, 0.29) is 24.8 Å². The summed E-state index contributed by atoms with van der Waals surface area (Å²) in [4.78, 5) is 4.16. The molecule has 0 aromatic carbocycles. The van der Waals surface area contributed by atoms with E-state index in [0.717, 1.165) is 25.6 Å². The molecule has 5 heteroatoms. The first-order valence-corrected chi connectivity index (χ1v) is 5.11. The van der Waals surface area contributed by atoms with Crippen LogP contribution in [0.3, 0.4) is 0 Å². The maximum absolute atomic E-state index is 5.62. The number of rotatable bonds is 3. The van der Waals surface area contributed by atoms with Crippen LogP contribution in [0.15, 0.2) is 18.3 Å². The lowest BCUT2D eigenvalue weighted by Crippen LogP contribution is -2.15. The van der Waals surface area contributed by atoms with Crippen molar-refractivity contribution >= 4 is 24.8 Å². The molecule has 1 unspecified atom stereocenters. The Morgan fingerprint density at radius 1 is 1.50 bits per heavy atom. The Morgan fingerprint density at radius 3 is 2.94 bits per heavy atom. The fraction of sp³-hybridized carbons (Fsp3) is 0.545. The summed E-state index contributed by atoms with van der Waals surface area (Å²) in [6.07, 6.45) is 3.00. The Bertz CT molecular complexity index is 304. The van der Waals surface area contributed by atoms with Crippen molar-refractivity contribution in [2.45, 2.75) is 13.3 Å². The molecule has 16 heavy (non-hydrogen) atoms. The highest BCUT2D eigenvalue weighted by atomic mass is 35.5. The molecule has 0 saturated carbocycles. The normalized spacial score (nSPS) is 18.4. The highest BCUT2D eigenvalue weighted by Gasteiger charge is 2.14. The molecule has 1 N–H and O–H groups in total. The van der Waals surface area contributed by atoms with Gasteiger partial charge in [0.15, 0.2) is 0 Å². The highest BCUT2D eigenvalue weighted by Crippen LogP contribution is 2.12. The number of aryl methyl sites for hydroxylation is 1. The van der Waals surface area contributed by atoms with Gasteiger partial charge in [-0.1, -0.05) is 0 Å². The van der Waals surface area contributed by atoms with E-state index >= 15 is 0 Å². The largest absolute Gasteiger partial charge is 0.477 e. The topological polar surface area (TPSA) is 34.1 Å². The molecule has 0 aliphatic carbocycles. The van der Waals surface area contributed by atoms with Gasteiger partial charge in [-0.25, -0.2) is 4.98 Å². The summed E-state index contributed by atoms with van der Waals surface area (Å²) in [5, 5.41) is 3.32. The van der Waals surface area contributed by atoms with Gasteiger partial charge in [0.2, 0.25) is 5.88 Å². The molecule has 2 heterocycles. The second-order valence-corrected chi connectivity index (χ2v) is 3.84.